The SMILES string of the molecule is Cc1ccnc(-c2ncc[nH]2)n1. The van der Waals surface area contributed by atoms with Crippen LogP contribution in [0.3, 0.4) is 0 Å². The van der Waals surface area contributed by atoms with Crippen LogP contribution >= 0.6 is 0 Å². The lowest BCUT2D eigenvalue weighted by atomic mass is 10.4. The van der Waals surface area contributed by atoms with Crippen LogP contribution in [0.25, 0.3) is 11.6 Å². The van der Waals surface area contributed by atoms with Gasteiger partial charge in [-0.2, -0.15) is 0 Å². The molecule has 2 aromatic rings. The summed E-state index contributed by atoms with van der Waals surface area (Å²) in [4.78, 5) is 15.3. The number of aryl methyl sites for hydroxylation is 1. The van der Waals surface area contributed by atoms with Gasteiger partial charge in [0.25, 0.3) is 0 Å². The molecular formula is C8H8N4. The van der Waals surface area contributed by atoms with Crippen molar-refractivity contribution in [2.75, 3.05) is 0 Å². The summed E-state index contributed by atoms with van der Waals surface area (Å²) in [6, 6.07) is 1.85. The van der Waals surface area contributed by atoms with Gasteiger partial charge in [-0.3, -0.25) is 0 Å². The molecule has 0 unspecified atom stereocenters. The second-order valence-electron chi connectivity index (χ2n) is 2.46. The van der Waals surface area contributed by atoms with Gasteiger partial charge in [0.15, 0.2) is 11.6 Å². The van der Waals surface area contributed by atoms with E-state index in [0.29, 0.717) is 11.6 Å². The third kappa shape index (κ3) is 1.18. The van der Waals surface area contributed by atoms with Gasteiger partial charge in [0.1, 0.15) is 0 Å². The average Bonchev–Trinajstić information content (AvgIpc) is 2.56. The van der Waals surface area contributed by atoms with Gasteiger partial charge >= 0.3 is 0 Å². The number of nitrogens with zero attached hydrogens (tertiary/aromatic N) is 3. The number of aromatic amines is 1. The van der Waals surface area contributed by atoms with Crippen molar-refractivity contribution < 1.29 is 0 Å². The third-order valence-electron chi connectivity index (χ3n) is 1.50. The molecule has 1 N–H and O–H groups in total. The average molecular weight is 160 g/mol. The minimum absolute atomic E-state index is 0.639. The maximum Gasteiger partial charge on any atom is 0.195 e. The number of nitrogens with one attached hydrogen (secondary N) is 1. The van der Waals surface area contributed by atoms with E-state index in [9.17, 15) is 0 Å². The summed E-state index contributed by atoms with van der Waals surface area (Å²) >= 11 is 0. The normalized spacial score (nSPS) is 10.1. The third-order valence-corrected chi connectivity index (χ3v) is 1.50. The standard InChI is InChI=1S/C8H8N4/c1-6-2-3-9-8(12-6)7-10-4-5-11-7/h2-5H,1H3,(H,10,11). The summed E-state index contributed by atoms with van der Waals surface area (Å²) in [5.74, 6) is 1.35. The summed E-state index contributed by atoms with van der Waals surface area (Å²) in [6.45, 7) is 1.92. The Hall–Kier alpha value is -1.71. The minimum Gasteiger partial charge on any atom is -0.342 e. The van der Waals surface area contributed by atoms with E-state index < -0.39 is 0 Å². The second-order valence-corrected chi connectivity index (χ2v) is 2.46. The van der Waals surface area contributed by atoms with E-state index in [1.807, 2.05) is 13.0 Å². The summed E-state index contributed by atoms with van der Waals surface area (Å²) in [7, 11) is 0. The molecule has 0 saturated heterocycles. The highest BCUT2D eigenvalue weighted by molar-refractivity contribution is 5.41. The lowest BCUT2D eigenvalue weighted by Crippen LogP contribution is -1.91. The molecule has 0 radical (unpaired) electrons. The van der Waals surface area contributed by atoms with Crippen molar-refractivity contribution in [3.8, 4) is 11.6 Å². The zero-order valence-corrected chi connectivity index (χ0v) is 6.65. The molecule has 60 valence electrons. The van der Waals surface area contributed by atoms with E-state index in [2.05, 4.69) is 19.9 Å². The number of aromatic nitrogens is 4. The maximum absolute atomic E-state index is 4.21. The van der Waals surface area contributed by atoms with Gasteiger partial charge in [-0.25, -0.2) is 15.0 Å². The monoisotopic (exact) mass is 160 g/mol. The first kappa shape index (κ1) is 6.97. The largest absolute Gasteiger partial charge is 0.342 e. The first-order chi connectivity index (χ1) is 5.86. The summed E-state index contributed by atoms with van der Waals surface area (Å²) < 4.78 is 0. The molecule has 0 atom stereocenters. The summed E-state index contributed by atoms with van der Waals surface area (Å²) in [5, 5.41) is 0. The number of hydrogen-bond acceptors (Lipinski definition) is 3. The van der Waals surface area contributed by atoms with Crippen molar-refractivity contribution >= 4 is 0 Å². The lowest BCUT2D eigenvalue weighted by molar-refractivity contribution is 1.08. The van der Waals surface area contributed by atoms with Gasteiger partial charge in [0, 0.05) is 24.3 Å². The molecule has 0 aliphatic heterocycles. The Bertz CT molecular complexity index is 366. The highest BCUT2D eigenvalue weighted by Gasteiger charge is 2.01. The van der Waals surface area contributed by atoms with E-state index in [1.54, 1.807) is 18.6 Å². The van der Waals surface area contributed by atoms with Crippen LogP contribution in [0.15, 0.2) is 24.7 Å². The van der Waals surface area contributed by atoms with E-state index >= 15 is 0 Å². The Balaban J connectivity index is 2.48. The molecule has 0 aliphatic carbocycles. The first-order valence-corrected chi connectivity index (χ1v) is 3.65. The van der Waals surface area contributed by atoms with Gasteiger partial charge in [0.2, 0.25) is 0 Å². The van der Waals surface area contributed by atoms with Gasteiger partial charge in [0.05, 0.1) is 0 Å². The Kier molecular flexibility index (Phi) is 1.59. The number of hydrogen-bond donors (Lipinski definition) is 1. The van der Waals surface area contributed by atoms with Gasteiger partial charge < -0.3 is 4.98 Å². The molecule has 2 rings (SSSR count). The smallest absolute Gasteiger partial charge is 0.195 e. The Morgan fingerprint density at radius 1 is 1.25 bits per heavy atom. The molecule has 0 aliphatic rings. The highest BCUT2D eigenvalue weighted by Crippen LogP contribution is 2.06. The number of rotatable bonds is 1. The lowest BCUT2D eigenvalue weighted by Gasteiger charge is -1.94. The fraction of sp³-hybridized carbons (Fsp3) is 0.125. The molecule has 0 amide bonds. The predicted molar refractivity (Wildman–Crippen MR) is 44.4 cm³/mol. The van der Waals surface area contributed by atoms with Gasteiger partial charge in [-0.05, 0) is 13.0 Å². The fourth-order valence-corrected chi connectivity index (χ4v) is 0.951. The maximum atomic E-state index is 4.21. The van der Waals surface area contributed by atoms with E-state index in [0.717, 1.165) is 5.69 Å². The Morgan fingerprint density at radius 2 is 2.17 bits per heavy atom. The molecule has 2 aromatic heterocycles. The topological polar surface area (TPSA) is 54.5 Å². The van der Waals surface area contributed by atoms with Crippen LogP contribution in [0.2, 0.25) is 0 Å². The van der Waals surface area contributed by atoms with Crippen molar-refractivity contribution in [2.24, 2.45) is 0 Å². The molecule has 2 heterocycles. The predicted octanol–water partition coefficient (Wildman–Crippen LogP) is 1.18. The van der Waals surface area contributed by atoms with Gasteiger partial charge in [-0.1, -0.05) is 0 Å². The first-order valence-electron chi connectivity index (χ1n) is 3.65. The molecular weight excluding hydrogens is 152 g/mol. The molecule has 0 aromatic carbocycles. The van der Waals surface area contributed by atoms with Crippen molar-refractivity contribution in [1.82, 2.24) is 19.9 Å². The molecule has 0 spiro atoms. The van der Waals surface area contributed by atoms with Crippen molar-refractivity contribution in [2.45, 2.75) is 6.92 Å². The quantitative estimate of drug-likeness (QED) is 0.681. The molecule has 0 fully saturated rings. The molecule has 0 saturated carbocycles. The number of imidazole rings is 1. The fourth-order valence-electron chi connectivity index (χ4n) is 0.951. The van der Waals surface area contributed by atoms with Crippen LogP contribution in [0, 0.1) is 6.92 Å². The van der Waals surface area contributed by atoms with Crippen LogP contribution < -0.4 is 0 Å². The van der Waals surface area contributed by atoms with E-state index in [1.165, 1.54) is 0 Å². The zero-order chi connectivity index (χ0) is 8.39. The van der Waals surface area contributed by atoms with Crippen LogP contribution in [-0.4, -0.2) is 19.9 Å². The van der Waals surface area contributed by atoms with Gasteiger partial charge in [-0.15, -0.1) is 0 Å². The van der Waals surface area contributed by atoms with Crippen molar-refractivity contribution in [3.63, 3.8) is 0 Å². The van der Waals surface area contributed by atoms with Crippen LogP contribution in [0.4, 0.5) is 0 Å². The van der Waals surface area contributed by atoms with Crippen LogP contribution in [0.1, 0.15) is 5.69 Å². The van der Waals surface area contributed by atoms with Crippen molar-refractivity contribution in [1.29, 1.82) is 0 Å². The van der Waals surface area contributed by atoms with E-state index in [-0.39, 0.29) is 0 Å². The van der Waals surface area contributed by atoms with Crippen LogP contribution in [-0.2, 0) is 0 Å². The molecule has 4 nitrogen and oxygen atoms in total. The second kappa shape index (κ2) is 2.73. The zero-order valence-electron chi connectivity index (χ0n) is 6.65. The Morgan fingerprint density at radius 3 is 2.83 bits per heavy atom. The molecule has 4 heteroatoms. The molecule has 0 bridgehead atoms. The number of H-pyrrole nitrogens is 1. The van der Waals surface area contributed by atoms with Crippen LogP contribution in [0.5, 0.6) is 0 Å². The summed E-state index contributed by atoms with van der Waals surface area (Å²) in [5.41, 5.74) is 0.941. The summed E-state index contributed by atoms with van der Waals surface area (Å²) in [6.07, 6.45) is 5.15. The Labute approximate surface area is 69.7 Å². The van der Waals surface area contributed by atoms with Crippen molar-refractivity contribution in [3.05, 3.63) is 30.4 Å². The highest BCUT2D eigenvalue weighted by atomic mass is 15.0. The van der Waals surface area contributed by atoms with E-state index in [4.69, 9.17) is 0 Å². The molecule has 12 heavy (non-hydrogen) atoms. The minimum atomic E-state index is 0.639.